The first-order valence-corrected chi connectivity index (χ1v) is 14.4. The first kappa shape index (κ1) is 29.4. The molecule has 1 aliphatic rings. The Morgan fingerprint density at radius 1 is 0.795 bits per heavy atom. The average Bonchev–Trinajstić information content (AvgIpc) is 3.61. The molecule has 0 bridgehead atoms. The van der Waals surface area contributed by atoms with Gasteiger partial charge in [0.2, 0.25) is 17.6 Å². The second kappa shape index (κ2) is 13.7. The summed E-state index contributed by atoms with van der Waals surface area (Å²) < 4.78 is 28.9. The van der Waals surface area contributed by atoms with Crippen molar-refractivity contribution in [1.29, 1.82) is 0 Å². The molecule has 1 amide bonds. The Kier molecular flexibility index (Phi) is 9.18. The summed E-state index contributed by atoms with van der Waals surface area (Å²) in [6.07, 6.45) is 0.841. The summed E-state index contributed by atoms with van der Waals surface area (Å²) in [6, 6.07) is 29.6. The fourth-order valence-corrected chi connectivity index (χ4v) is 5.18. The number of carbonyl (C=O) groups is 1. The van der Waals surface area contributed by atoms with Gasteiger partial charge in [-0.25, -0.2) is 9.20 Å². The lowest BCUT2D eigenvalue weighted by molar-refractivity contribution is -0.114. The fraction of sp³-hybridized carbons (Fsp3) is 0.273. The minimum atomic E-state index is -0.741. The van der Waals surface area contributed by atoms with E-state index in [4.69, 9.17) is 18.9 Å². The highest BCUT2D eigenvalue weighted by molar-refractivity contribution is 5.86. The SMILES string of the molecule is CC(=O)Nc1nc(=O)n2ccn([C@@H]3O[C@H](COCc4ccccc4)[C@@H](OCc4ccccc4)[C@H]3OCc3ccccc3)c2n1. The molecular weight excluding hydrogens is 562 g/mol. The van der Waals surface area contributed by atoms with Crippen molar-refractivity contribution in [2.45, 2.75) is 51.3 Å². The van der Waals surface area contributed by atoms with Crippen LogP contribution in [0.25, 0.3) is 5.78 Å². The van der Waals surface area contributed by atoms with Gasteiger partial charge in [-0.2, -0.15) is 9.97 Å². The van der Waals surface area contributed by atoms with Gasteiger partial charge in [0.15, 0.2) is 6.23 Å². The summed E-state index contributed by atoms with van der Waals surface area (Å²) in [5.74, 6) is -0.250. The largest absolute Gasteiger partial charge is 0.374 e. The van der Waals surface area contributed by atoms with E-state index < -0.39 is 36.1 Å². The molecule has 11 heteroatoms. The highest BCUT2D eigenvalue weighted by Crippen LogP contribution is 2.36. The summed E-state index contributed by atoms with van der Waals surface area (Å²) in [6.45, 7) is 2.61. The first-order chi connectivity index (χ1) is 21.5. The number of amides is 1. The number of carbonyl (C=O) groups excluding carboxylic acids is 1. The first-order valence-electron chi connectivity index (χ1n) is 14.4. The molecule has 0 saturated carbocycles. The van der Waals surface area contributed by atoms with E-state index in [1.54, 1.807) is 17.0 Å². The zero-order chi connectivity index (χ0) is 30.3. The lowest BCUT2D eigenvalue weighted by Gasteiger charge is -2.25. The van der Waals surface area contributed by atoms with Gasteiger partial charge in [-0.15, -0.1) is 0 Å². The molecule has 4 atom stereocenters. The Balaban J connectivity index is 1.34. The van der Waals surface area contributed by atoms with Crippen LogP contribution in [0.1, 0.15) is 29.8 Å². The van der Waals surface area contributed by atoms with E-state index in [1.807, 2.05) is 91.0 Å². The van der Waals surface area contributed by atoms with Crippen molar-refractivity contribution in [3.8, 4) is 0 Å². The zero-order valence-corrected chi connectivity index (χ0v) is 24.2. The average molecular weight is 596 g/mol. The quantitative estimate of drug-likeness (QED) is 0.229. The van der Waals surface area contributed by atoms with Crippen molar-refractivity contribution in [2.75, 3.05) is 11.9 Å². The molecule has 6 rings (SSSR count). The van der Waals surface area contributed by atoms with Crippen molar-refractivity contribution in [1.82, 2.24) is 18.9 Å². The molecule has 226 valence electrons. The standard InChI is InChI=1S/C33H33N5O6/c1-23(39)34-31-35-32-37(17-18-38(32)33(40)36-31)30-29(43-21-26-15-9-4-10-16-26)28(42-20-25-13-7-3-8-14-25)27(44-30)22-41-19-24-11-5-2-6-12-24/h2-18,27-30H,19-22H2,1H3,(H,34,36,39,40)/t27-,28-,29-,30-/m1/s1. The van der Waals surface area contributed by atoms with E-state index in [9.17, 15) is 9.59 Å². The second-order valence-corrected chi connectivity index (χ2v) is 10.5. The number of fused-ring (bicyclic) bond motifs is 1. The van der Waals surface area contributed by atoms with Crippen molar-refractivity contribution >= 4 is 17.6 Å². The summed E-state index contributed by atoms with van der Waals surface area (Å²) >= 11 is 0. The Morgan fingerprint density at radius 2 is 1.36 bits per heavy atom. The molecule has 3 aromatic carbocycles. The van der Waals surface area contributed by atoms with Gasteiger partial charge < -0.3 is 18.9 Å². The molecule has 0 aliphatic carbocycles. The van der Waals surface area contributed by atoms with Gasteiger partial charge in [-0.3, -0.25) is 14.7 Å². The van der Waals surface area contributed by atoms with E-state index in [-0.39, 0.29) is 18.3 Å². The molecule has 1 N–H and O–H groups in total. The molecule has 44 heavy (non-hydrogen) atoms. The fourth-order valence-electron chi connectivity index (χ4n) is 5.18. The lowest BCUT2D eigenvalue weighted by Crippen LogP contribution is -2.38. The molecule has 1 saturated heterocycles. The second-order valence-electron chi connectivity index (χ2n) is 10.5. The summed E-state index contributed by atoms with van der Waals surface area (Å²) in [5.41, 5.74) is 2.45. The predicted molar refractivity (Wildman–Crippen MR) is 162 cm³/mol. The number of rotatable bonds is 12. The topological polar surface area (TPSA) is 118 Å². The summed E-state index contributed by atoms with van der Waals surface area (Å²) in [7, 11) is 0. The molecule has 1 fully saturated rings. The molecular formula is C33H33N5O6. The van der Waals surface area contributed by atoms with E-state index in [0.29, 0.717) is 19.8 Å². The van der Waals surface area contributed by atoms with Gasteiger partial charge in [0.1, 0.15) is 18.3 Å². The van der Waals surface area contributed by atoms with Gasteiger partial charge in [0.05, 0.1) is 26.4 Å². The van der Waals surface area contributed by atoms with Crippen LogP contribution in [0.4, 0.5) is 5.95 Å². The smallest absolute Gasteiger partial charge is 0.357 e. The van der Waals surface area contributed by atoms with Gasteiger partial charge >= 0.3 is 5.69 Å². The molecule has 2 aromatic heterocycles. The highest BCUT2D eigenvalue weighted by Gasteiger charge is 2.48. The number of imidazole rings is 1. The molecule has 0 radical (unpaired) electrons. The maximum atomic E-state index is 12.8. The normalized spacial score (nSPS) is 19.8. The highest BCUT2D eigenvalue weighted by atomic mass is 16.6. The van der Waals surface area contributed by atoms with Crippen molar-refractivity contribution in [3.05, 3.63) is 131 Å². The van der Waals surface area contributed by atoms with Crippen LogP contribution in [0.15, 0.2) is 108 Å². The van der Waals surface area contributed by atoms with Crippen LogP contribution in [0, 0.1) is 0 Å². The number of anilines is 1. The van der Waals surface area contributed by atoms with Crippen LogP contribution in [0.2, 0.25) is 0 Å². The van der Waals surface area contributed by atoms with Crippen LogP contribution in [-0.2, 0) is 43.6 Å². The molecule has 3 heterocycles. The third kappa shape index (κ3) is 6.92. The maximum Gasteiger partial charge on any atom is 0.357 e. The number of aromatic nitrogens is 4. The van der Waals surface area contributed by atoms with Crippen molar-refractivity contribution in [3.63, 3.8) is 0 Å². The molecule has 0 unspecified atom stereocenters. The van der Waals surface area contributed by atoms with Gasteiger partial charge in [-0.1, -0.05) is 91.0 Å². The van der Waals surface area contributed by atoms with Gasteiger partial charge in [0.25, 0.3) is 0 Å². The van der Waals surface area contributed by atoms with Crippen LogP contribution >= 0.6 is 0 Å². The Bertz CT molecular complexity index is 1730. The van der Waals surface area contributed by atoms with E-state index in [2.05, 4.69) is 15.3 Å². The van der Waals surface area contributed by atoms with Crippen LogP contribution in [-0.4, -0.2) is 49.8 Å². The summed E-state index contributed by atoms with van der Waals surface area (Å²) in [5, 5.41) is 2.50. The number of nitrogens with zero attached hydrogens (tertiary/aromatic N) is 4. The minimum absolute atomic E-state index is 0.0955. The predicted octanol–water partition coefficient (Wildman–Crippen LogP) is 4.13. The Morgan fingerprint density at radius 3 is 1.95 bits per heavy atom. The van der Waals surface area contributed by atoms with Gasteiger partial charge in [-0.05, 0) is 16.7 Å². The molecule has 0 spiro atoms. The van der Waals surface area contributed by atoms with E-state index in [0.717, 1.165) is 16.7 Å². The molecule has 5 aromatic rings. The summed E-state index contributed by atoms with van der Waals surface area (Å²) in [4.78, 5) is 32.8. The maximum absolute atomic E-state index is 12.8. The van der Waals surface area contributed by atoms with Crippen LogP contribution in [0.5, 0.6) is 0 Å². The minimum Gasteiger partial charge on any atom is -0.374 e. The Labute approximate surface area is 254 Å². The van der Waals surface area contributed by atoms with Gasteiger partial charge in [0, 0.05) is 19.3 Å². The third-order valence-electron chi connectivity index (χ3n) is 7.25. The Hall–Kier alpha value is -4.68. The number of nitrogens with one attached hydrogen (secondary N) is 1. The number of benzene rings is 3. The number of hydrogen-bond donors (Lipinski definition) is 1. The monoisotopic (exact) mass is 595 g/mol. The zero-order valence-electron chi connectivity index (χ0n) is 24.2. The van der Waals surface area contributed by atoms with Crippen LogP contribution < -0.4 is 11.0 Å². The van der Waals surface area contributed by atoms with Crippen LogP contribution in [0.3, 0.4) is 0 Å². The third-order valence-corrected chi connectivity index (χ3v) is 7.25. The van der Waals surface area contributed by atoms with Crippen molar-refractivity contribution < 1.29 is 23.7 Å². The lowest BCUT2D eigenvalue weighted by atomic mass is 10.1. The molecule has 1 aliphatic heterocycles. The number of hydrogen-bond acceptors (Lipinski definition) is 8. The van der Waals surface area contributed by atoms with E-state index >= 15 is 0 Å². The number of ether oxygens (including phenoxy) is 4. The van der Waals surface area contributed by atoms with Crippen molar-refractivity contribution in [2.24, 2.45) is 0 Å². The van der Waals surface area contributed by atoms with E-state index in [1.165, 1.54) is 11.3 Å². The molecule has 11 nitrogen and oxygen atoms in total.